The summed E-state index contributed by atoms with van der Waals surface area (Å²) in [5, 5.41) is 0. The highest BCUT2D eigenvalue weighted by Gasteiger charge is 2.20. The summed E-state index contributed by atoms with van der Waals surface area (Å²) < 4.78 is 23.4. The molecule has 14 heavy (non-hydrogen) atoms. The van der Waals surface area contributed by atoms with Crippen molar-refractivity contribution in [3.63, 3.8) is 0 Å². The minimum absolute atomic E-state index is 0.0271. The van der Waals surface area contributed by atoms with E-state index >= 15 is 0 Å². The van der Waals surface area contributed by atoms with Gasteiger partial charge in [-0.15, -0.1) is 11.8 Å². The number of ether oxygens (including phenoxy) is 2. The predicted octanol–water partition coefficient (Wildman–Crippen LogP) is 2.33. The van der Waals surface area contributed by atoms with Gasteiger partial charge in [-0.2, -0.15) is 0 Å². The highest BCUT2D eigenvalue weighted by molar-refractivity contribution is 7.99. The maximum absolute atomic E-state index is 12.9. The number of methoxy groups -OCH3 is 1. The van der Waals surface area contributed by atoms with E-state index in [4.69, 9.17) is 9.47 Å². The van der Waals surface area contributed by atoms with Crippen molar-refractivity contribution >= 4 is 11.8 Å². The van der Waals surface area contributed by atoms with Crippen molar-refractivity contribution in [1.82, 2.24) is 0 Å². The molecule has 0 N–H and O–H groups in total. The Balaban J connectivity index is 2.16. The summed E-state index contributed by atoms with van der Waals surface area (Å²) in [5.74, 6) is 1.22. The molecule has 0 radical (unpaired) electrons. The van der Waals surface area contributed by atoms with Gasteiger partial charge in [0.05, 0.1) is 6.61 Å². The van der Waals surface area contributed by atoms with E-state index in [0.717, 1.165) is 10.6 Å². The Hall–Kier alpha value is -0.740. The monoisotopic (exact) mass is 214 g/mol. The van der Waals surface area contributed by atoms with Gasteiger partial charge < -0.3 is 9.47 Å². The maximum Gasteiger partial charge on any atom is 0.136 e. The van der Waals surface area contributed by atoms with E-state index in [-0.39, 0.29) is 11.9 Å². The molecule has 2 rings (SSSR count). The van der Waals surface area contributed by atoms with Crippen LogP contribution in [0.4, 0.5) is 4.39 Å². The normalized spacial score (nSPS) is 20.0. The Kier molecular flexibility index (Phi) is 2.93. The van der Waals surface area contributed by atoms with Gasteiger partial charge in [0.25, 0.3) is 0 Å². The lowest BCUT2D eigenvalue weighted by atomic mass is 10.3. The molecule has 0 fully saturated rings. The third kappa shape index (κ3) is 2.01. The van der Waals surface area contributed by atoms with Crippen molar-refractivity contribution in [2.24, 2.45) is 0 Å². The van der Waals surface area contributed by atoms with Gasteiger partial charge in [0.2, 0.25) is 0 Å². The minimum atomic E-state index is -0.262. The van der Waals surface area contributed by atoms with E-state index in [1.165, 1.54) is 12.1 Å². The van der Waals surface area contributed by atoms with Crippen LogP contribution in [-0.2, 0) is 4.74 Å². The zero-order valence-electron chi connectivity index (χ0n) is 7.83. The first-order valence-corrected chi connectivity index (χ1v) is 5.36. The second-order valence-electron chi connectivity index (χ2n) is 3.10. The standard InChI is InChI=1S/C10H11FO2S/c1-12-5-8-6-14-10-3-2-7(11)4-9(10)13-8/h2-4,8H,5-6H2,1H3/t8-/m0/s1. The number of halogens is 1. The third-order valence-corrected chi connectivity index (χ3v) is 3.16. The molecule has 2 nitrogen and oxygen atoms in total. The summed E-state index contributed by atoms with van der Waals surface area (Å²) in [5.41, 5.74) is 0. The molecule has 1 atom stereocenters. The summed E-state index contributed by atoms with van der Waals surface area (Å²) in [7, 11) is 1.63. The van der Waals surface area contributed by atoms with Crippen LogP contribution < -0.4 is 4.74 Å². The van der Waals surface area contributed by atoms with E-state index in [1.807, 2.05) is 0 Å². The molecule has 1 aromatic carbocycles. The maximum atomic E-state index is 12.9. The number of fused-ring (bicyclic) bond motifs is 1. The van der Waals surface area contributed by atoms with E-state index in [9.17, 15) is 4.39 Å². The molecule has 0 saturated heterocycles. The second kappa shape index (κ2) is 4.19. The first kappa shape index (κ1) is 9.80. The minimum Gasteiger partial charge on any atom is -0.486 e. The van der Waals surface area contributed by atoms with Crippen LogP contribution in [0.2, 0.25) is 0 Å². The van der Waals surface area contributed by atoms with Crippen LogP contribution in [-0.4, -0.2) is 25.6 Å². The van der Waals surface area contributed by atoms with E-state index in [0.29, 0.717) is 12.4 Å². The van der Waals surface area contributed by atoms with Gasteiger partial charge in [-0.3, -0.25) is 0 Å². The van der Waals surface area contributed by atoms with Crippen molar-refractivity contribution in [2.75, 3.05) is 19.5 Å². The highest BCUT2D eigenvalue weighted by Crippen LogP contribution is 2.35. The fraction of sp³-hybridized carbons (Fsp3) is 0.400. The van der Waals surface area contributed by atoms with Crippen LogP contribution in [0.3, 0.4) is 0 Å². The fourth-order valence-electron chi connectivity index (χ4n) is 1.36. The van der Waals surface area contributed by atoms with E-state index in [1.54, 1.807) is 24.9 Å². The summed E-state index contributed by atoms with van der Waals surface area (Å²) in [6, 6.07) is 4.62. The SMILES string of the molecule is COC[C@H]1CSc2ccc(F)cc2O1. The second-order valence-corrected chi connectivity index (χ2v) is 4.16. The molecule has 0 spiro atoms. The van der Waals surface area contributed by atoms with Crippen LogP contribution in [0.1, 0.15) is 0 Å². The molecular weight excluding hydrogens is 203 g/mol. The van der Waals surface area contributed by atoms with Gasteiger partial charge in [-0.05, 0) is 12.1 Å². The summed E-state index contributed by atoms with van der Waals surface area (Å²) in [6.45, 7) is 0.545. The van der Waals surface area contributed by atoms with E-state index in [2.05, 4.69) is 0 Å². The number of benzene rings is 1. The average molecular weight is 214 g/mol. The molecule has 1 heterocycles. The Morgan fingerprint density at radius 2 is 2.50 bits per heavy atom. The van der Waals surface area contributed by atoms with Crippen molar-refractivity contribution in [1.29, 1.82) is 0 Å². The average Bonchev–Trinajstić information content (AvgIpc) is 2.17. The third-order valence-electron chi connectivity index (χ3n) is 1.98. The first-order chi connectivity index (χ1) is 6.79. The van der Waals surface area contributed by atoms with Crippen LogP contribution in [0.5, 0.6) is 5.75 Å². The van der Waals surface area contributed by atoms with E-state index < -0.39 is 0 Å². The predicted molar refractivity (Wildman–Crippen MR) is 53.4 cm³/mol. The van der Waals surface area contributed by atoms with Gasteiger partial charge in [0.1, 0.15) is 17.7 Å². The number of hydrogen-bond acceptors (Lipinski definition) is 3. The summed E-state index contributed by atoms with van der Waals surface area (Å²) in [4.78, 5) is 0.999. The molecule has 0 bridgehead atoms. The molecule has 0 saturated carbocycles. The molecule has 1 aromatic rings. The van der Waals surface area contributed by atoms with Crippen molar-refractivity contribution < 1.29 is 13.9 Å². The molecule has 0 aromatic heterocycles. The lowest BCUT2D eigenvalue weighted by Gasteiger charge is -2.24. The lowest BCUT2D eigenvalue weighted by Crippen LogP contribution is -2.27. The first-order valence-electron chi connectivity index (χ1n) is 4.37. The largest absolute Gasteiger partial charge is 0.486 e. The Morgan fingerprint density at radius 3 is 3.29 bits per heavy atom. The molecule has 0 aliphatic carbocycles. The van der Waals surface area contributed by atoms with Crippen molar-refractivity contribution in [3.05, 3.63) is 24.0 Å². The smallest absolute Gasteiger partial charge is 0.136 e. The van der Waals surface area contributed by atoms with Gasteiger partial charge >= 0.3 is 0 Å². The van der Waals surface area contributed by atoms with Crippen LogP contribution in [0.15, 0.2) is 23.1 Å². The molecule has 0 unspecified atom stereocenters. The molecule has 4 heteroatoms. The van der Waals surface area contributed by atoms with Crippen LogP contribution in [0.25, 0.3) is 0 Å². The molecule has 1 aliphatic heterocycles. The zero-order valence-corrected chi connectivity index (χ0v) is 8.64. The van der Waals surface area contributed by atoms with Gasteiger partial charge in [0, 0.05) is 23.8 Å². The summed E-state index contributed by atoms with van der Waals surface area (Å²) in [6.07, 6.45) is 0.0271. The van der Waals surface area contributed by atoms with Gasteiger partial charge in [-0.25, -0.2) is 4.39 Å². The number of thioether (sulfide) groups is 1. The fourth-order valence-corrected chi connectivity index (χ4v) is 2.30. The van der Waals surface area contributed by atoms with Crippen LogP contribution >= 0.6 is 11.8 Å². The molecular formula is C10H11FO2S. The summed E-state index contributed by atoms with van der Waals surface area (Å²) >= 11 is 1.67. The highest BCUT2D eigenvalue weighted by atomic mass is 32.2. The Morgan fingerprint density at radius 1 is 1.64 bits per heavy atom. The zero-order chi connectivity index (χ0) is 9.97. The Labute approximate surface area is 86.4 Å². The lowest BCUT2D eigenvalue weighted by molar-refractivity contribution is 0.0903. The number of hydrogen-bond donors (Lipinski definition) is 0. The Bertz CT molecular complexity index is 330. The molecule has 0 amide bonds. The number of rotatable bonds is 2. The van der Waals surface area contributed by atoms with Gasteiger partial charge in [-0.1, -0.05) is 0 Å². The molecule has 1 aliphatic rings. The van der Waals surface area contributed by atoms with Crippen molar-refractivity contribution in [3.8, 4) is 5.75 Å². The topological polar surface area (TPSA) is 18.5 Å². The quantitative estimate of drug-likeness (QED) is 0.752. The van der Waals surface area contributed by atoms with Crippen LogP contribution in [0, 0.1) is 5.82 Å². The van der Waals surface area contributed by atoms with Crippen molar-refractivity contribution in [2.45, 2.75) is 11.0 Å². The van der Waals surface area contributed by atoms with Gasteiger partial charge in [0.15, 0.2) is 0 Å². The molecule has 76 valence electrons.